The van der Waals surface area contributed by atoms with Crippen LogP contribution in [-0.4, -0.2) is 46.8 Å². The van der Waals surface area contributed by atoms with E-state index in [0.717, 1.165) is 0 Å². The molecule has 0 aromatic carbocycles. The van der Waals surface area contributed by atoms with Crippen LogP contribution in [0.4, 0.5) is 4.79 Å². The number of carbonyl (C=O) groups is 3. The number of aliphatic hydroxyl groups is 1. The minimum atomic E-state index is -1.39. The van der Waals surface area contributed by atoms with Crippen molar-refractivity contribution in [1.29, 1.82) is 0 Å². The summed E-state index contributed by atoms with van der Waals surface area (Å²) in [4.78, 5) is 32.0. The van der Waals surface area contributed by atoms with E-state index in [1.807, 2.05) is 5.32 Å². The Morgan fingerprint density at radius 1 is 1.38 bits per heavy atom. The highest BCUT2D eigenvalue weighted by Gasteiger charge is 2.24. The summed E-state index contributed by atoms with van der Waals surface area (Å²) in [6, 6.07) is -2.18. The van der Waals surface area contributed by atoms with Crippen molar-refractivity contribution < 1.29 is 24.6 Å². The van der Waals surface area contributed by atoms with Gasteiger partial charge in [0.05, 0.1) is 6.10 Å². The lowest BCUT2D eigenvalue weighted by Crippen LogP contribution is -2.51. The average molecular weight is 233 g/mol. The van der Waals surface area contributed by atoms with Crippen molar-refractivity contribution in [3.05, 3.63) is 0 Å². The van der Waals surface area contributed by atoms with Crippen LogP contribution in [-0.2, 0) is 9.59 Å². The summed E-state index contributed by atoms with van der Waals surface area (Å²) in [6.45, 7) is 1.25. The number of urea groups is 1. The van der Waals surface area contributed by atoms with Crippen molar-refractivity contribution in [3.8, 4) is 0 Å². The first-order valence-electron chi connectivity index (χ1n) is 4.58. The second kappa shape index (κ2) is 6.62. The highest BCUT2D eigenvalue weighted by Crippen LogP contribution is 1.92. The van der Waals surface area contributed by atoms with E-state index < -0.39 is 30.1 Å². The monoisotopic (exact) mass is 233 g/mol. The van der Waals surface area contributed by atoms with Gasteiger partial charge in [-0.25, -0.2) is 9.59 Å². The number of amides is 3. The summed E-state index contributed by atoms with van der Waals surface area (Å²) >= 11 is 0. The number of hydrogen-bond donors (Lipinski definition) is 5. The van der Waals surface area contributed by atoms with Crippen molar-refractivity contribution in [3.63, 3.8) is 0 Å². The topological polar surface area (TPSA) is 142 Å². The van der Waals surface area contributed by atoms with Gasteiger partial charge in [0.25, 0.3) is 0 Å². The molecule has 8 heteroatoms. The summed E-state index contributed by atoms with van der Waals surface area (Å²) in [7, 11) is 0. The lowest BCUT2D eigenvalue weighted by atomic mass is 10.2. The lowest BCUT2D eigenvalue weighted by Gasteiger charge is -2.17. The molecule has 0 spiro atoms. The molecule has 0 heterocycles. The molecule has 0 saturated heterocycles. The van der Waals surface area contributed by atoms with Gasteiger partial charge in [0.2, 0.25) is 5.91 Å². The van der Waals surface area contributed by atoms with E-state index in [-0.39, 0.29) is 13.0 Å². The molecule has 0 aromatic rings. The van der Waals surface area contributed by atoms with Crippen LogP contribution >= 0.6 is 0 Å². The molecule has 16 heavy (non-hydrogen) atoms. The quantitative estimate of drug-likeness (QED) is 0.360. The van der Waals surface area contributed by atoms with Gasteiger partial charge in [-0.1, -0.05) is 0 Å². The van der Waals surface area contributed by atoms with Gasteiger partial charge in [-0.15, -0.1) is 0 Å². The zero-order valence-electron chi connectivity index (χ0n) is 8.77. The van der Waals surface area contributed by atoms with Crippen LogP contribution in [0.2, 0.25) is 0 Å². The standard InChI is InChI=1S/C8H15N3O5/c1-4(12)6(7(14)15)11-8(16)10-3-2-5(9)13/h4,6,12H,2-3H2,1H3,(H2,9,13)(H,14,15)(H2,10,11,16). The van der Waals surface area contributed by atoms with Gasteiger partial charge in [-0.05, 0) is 6.92 Å². The number of aliphatic hydroxyl groups excluding tert-OH is 1. The first-order valence-corrected chi connectivity index (χ1v) is 4.58. The number of hydrogen-bond acceptors (Lipinski definition) is 4. The molecular formula is C8H15N3O5. The van der Waals surface area contributed by atoms with Crippen molar-refractivity contribution in [1.82, 2.24) is 10.6 Å². The number of aliphatic carboxylic acids is 1. The number of nitrogens with one attached hydrogen (secondary N) is 2. The Bertz CT molecular complexity index is 279. The van der Waals surface area contributed by atoms with Crippen LogP contribution in [0, 0.1) is 0 Å². The van der Waals surface area contributed by atoms with Gasteiger partial charge in [0, 0.05) is 13.0 Å². The van der Waals surface area contributed by atoms with Crippen LogP contribution in [0.5, 0.6) is 0 Å². The molecule has 0 aromatic heterocycles. The first kappa shape index (κ1) is 14.2. The Morgan fingerprint density at radius 3 is 2.31 bits per heavy atom. The van der Waals surface area contributed by atoms with Crippen LogP contribution in [0.1, 0.15) is 13.3 Å². The second-order valence-corrected chi connectivity index (χ2v) is 3.17. The Kier molecular flexibility index (Phi) is 5.86. The highest BCUT2D eigenvalue weighted by atomic mass is 16.4. The van der Waals surface area contributed by atoms with Gasteiger partial charge < -0.3 is 26.6 Å². The summed E-state index contributed by atoms with van der Waals surface area (Å²) in [6.07, 6.45) is -1.26. The number of rotatable bonds is 6. The predicted octanol–water partition coefficient (Wildman–Crippen LogP) is -2.00. The molecule has 2 unspecified atom stereocenters. The van der Waals surface area contributed by atoms with E-state index in [9.17, 15) is 14.4 Å². The maximum atomic E-state index is 11.1. The first-order chi connectivity index (χ1) is 7.34. The largest absolute Gasteiger partial charge is 0.480 e. The Morgan fingerprint density at radius 2 is 1.94 bits per heavy atom. The summed E-state index contributed by atoms with van der Waals surface area (Å²) in [5, 5.41) is 21.9. The van der Waals surface area contributed by atoms with Gasteiger partial charge in [-0.3, -0.25) is 4.79 Å². The molecule has 0 fully saturated rings. The van der Waals surface area contributed by atoms with Gasteiger partial charge in [0.1, 0.15) is 0 Å². The summed E-state index contributed by atoms with van der Waals surface area (Å²) < 4.78 is 0. The molecule has 0 aliphatic carbocycles. The molecule has 0 saturated carbocycles. The Balaban J connectivity index is 4.01. The second-order valence-electron chi connectivity index (χ2n) is 3.17. The molecule has 2 atom stereocenters. The zero-order chi connectivity index (χ0) is 12.7. The molecule has 0 aliphatic rings. The molecule has 0 bridgehead atoms. The fourth-order valence-electron chi connectivity index (χ4n) is 0.880. The van der Waals surface area contributed by atoms with E-state index in [1.165, 1.54) is 6.92 Å². The van der Waals surface area contributed by atoms with Crippen molar-refractivity contribution in [2.24, 2.45) is 5.73 Å². The third-order valence-corrected chi connectivity index (χ3v) is 1.69. The average Bonchev–Trinajstić information content (AvgIpc) is 2.12. The van der Waals surface area contributed by atoms with Gasteiger partial charge in [0.15, 0.2) is 6.04 Å². The fourth-order valence-corrected chi connectivity index (χ4v) is 0.880. The number of carbonyl (C=O) groups excluding carboxylic acids is 2. The minimum Gasteiger partial charge on any atom is -0.480 e. The molecule has 0 rings (SSSR count). The van der Waals surface area contributed by atoms with Crippen LogP contribution in [0.15, 0.2) is 0 Å². The molecule has 0 aliphatic heterocycles. The van der Waals surface area contributed by atoms with Crippen LogP contribution in [0.25, 0.3) is 0 Å². The molecular weight excluding hydrogens is 218 g/mol. The predicted molar refractivity (Wildman–Crippen MR) is 53.5 cm³/mol. The third-order valence-electron chi connectivity index (χ3n) is 1.69. The van der Waals surface area contributed by atoms with E-state index in [2.05, 4.69) is 5.32 Å². The smallest absolute Gasteiger partial charge is 0.328 e. The number of primary amides is 1. The molecule has 3 amide bonds. The summed E-state index contributed by atoms with van der Waals surface area (Å²) in [5.41, 5.74) is 4.83. The maximum absolute atomic E-state index is 11.1. The van der Waals surface area contributed by atoms with Crippen molar-refractivity contribution >= 4 is 17.9 Å². The van der Waals surface area contributed by atoms with Crippen molar-refractivity contribution in [2.75, 3.05) is 6.54 Å². The minimum absolute atomic E-state index is 0.00726. The maximum Gasteiger partial charge on any atom is 0.328 e. The molecule has 0 radical (unpaired) electrons. The van der Waals surface area contributed by atoms with Crippen LogP contribution < -0.4 is 16.4 Å². The summed E-state index contributed by atoms with van der Waals surface area (Å²) in [5.74, 6) is -1.93. The Hall–Kier alpha value is -1.83. The number of carboxylic acids is 1. The molecule has 8 nitrogen and oxygen atoms in total. The number of nitrogens with two attached hydrogens (primary N) is 1. The third kappa shape index (κ3) is 5.81. The van der Waals surface area contributed by atoms with Gasteiger partial charge in [-0.2, -0.15) is 0 Å². The molecule has 6 N–H and O–H groups in total. The van der Waals surface area contributed by atoms with E-state index in [4.69, 9.17) is 15.9 Å². The van der Waals surface area contributed by atoms with Gasteiger partial charge >= 0.3 is 12.0 Å². The lowest BCUT2D eigenvalue weighted by molar-refractivity contribution is -0.141. The van der Waals surface area contributed by atoms with Crippen molar-refractivity contribution in [2.45, 2.75) is 25.5 Å². The molecule has 92 valence electrons. The van der Waals surface area contributed by atoms with E-state index >= 15 is 0 Å². The zero-order valence-corrected chi connectivity index (χ0v) is 8.77. The normalized spacial score (nSPS) is 13.6. The fraction of sp³-hybridized carbons (Fsp3) is 0.625. The van der Waals surface area contributed by atoms with E-state index in [1.54, 1.807) is 0 Å². The number of carboxylic acid groups (broad SMARTS) is 1. The van der Waals surface area contributed by atoms with Crippen LogP contribution in [0.3, 0.4) is 0 Å². The SMILES string of the molecule is CC(O)C(NC(=O)NCCC(N)=O)C(=O)O. The highest BCUT2D eigenvalue weighted by molar-refractivity contribution is 5.83. The van der Waals surface area contributed by atoms with E-state index in [0.29, 0.717) is 0 Å². The Labute approximate surface area is 91.8 Å².